The molecule has 0 amide bonds. The second-order valence-electron chi connectivity index (χ2n) is 9.36. The van der Waals surface area contributed by atoms with Crippen LogP contribution in [-0.2, 0) is 6.61 Å². The van der Waals surface area contributed by atoms with E-state index in [9.17, 15) is 4.79 Å². The average molecular weight is 595 g/mol. The Bertz CT molecular complexity index is 1510. The molecule has 1 heterocycles. The van der Waals surface area contributed by atoms with Gasteiger partial charge in [0, 0.05) is 10.4 Å². The molecule has 0 unspecified atom stereocenters. The van der Waals surface area contributed by atoms with Gasteiger partial charge < -0.3 is 9.47 Å². The molecule has 6 nitrogen and oxygen atoms in total. The number of fused-ring (bicyclic) bond motifs is 1. The fraction of sp³-hybridized carbons (Fsp3) is 0.300. The molecule has 0 atom stereocenters. The Labute approximate surface area is 235 Å². The molecule has 4 aromatic rings. The van der Waals surface area contributed by atoms with Crippen LogP contribution < -0.4 is 15.0 Å². The molecular weight excluding hydrogens is 566 g/mol. The van der Waals surface area contributed by atoms with Crippen LogP contribution in [0.4, 0.5) is 0 Å². The first-order chi connectivity index (χ1) is 18.5. The summed E-state index contributed by atoms with van der Waals surface area (Å²) in [6, 6.07) is 18.9. The molecule has 3 aromatic carbocycles. The van der Waals surface area contributed by atoms with Gasteiger partial charge in [-0.15, -0.1) is 0 Å². The minimum Gasteiger partial charge on any atom is -0.490 e. The van der Waals surface area contributed by atoms with E-state index >= 15 is 0 Å². The van der Waals surface area contributed by atoms with Crippen LogP contribution in [0.15, 0.2) is 75.0 Å². The molecular formula is C30H29BrClN3O3. The monoisotopic (exact) mass is 593 g/mol. The van der Waals surface area contributed by atoms with E-state index in [2.05, 4.69) is 21.0 Å². The molecule has 0 radical (unpaired) electrons. The lowest BCUT2D eigenvalue weighted by molar-refractivity contribution is 0.269. The van der Waals surface area contributed by atoms with Gasteiger partial charge in [-0.25, -0.2) is 4.98 Å². The van der Waals surface area contributed by atoms with Crippen molar-refractivity contribution in [3.63, 3.8) is 0 Å². The van der Waals surface area contributed by atoms with E-state index in [1.165, 1.54) is 11.1 Å². The lowest BCUT2D eigenvalue weighted by atomic mass is 9.88. The van der Waals surface area contributed by atoms with Crippen molar-refractivity contribution < 1.29 is 9.47 Å². The zero-order valence-electron chi connectivity index (χ0n) is 21.2. The second kappa shape index (κ2) is 12.1. The van der Waals surface area contributed by atoms with Crippen molar-refractivity contribution in [1.82, 2.24) is 9.66 Å². The molecule has 1 saturated carbocycles. The highest BCUT2D eigenvalue weighted by Gasteiger charge is 2.22. The van der Waals surface area contributed by atoms with Gasteiger partial charge in [0.15, 0.2) is 11.5 Å². The Morgan fingerprint density at radius 2 is 1.84 bits per heavy atom. The topological polar surface area (TPSA) is 65.7 Å². The van der Waals surface area contributed by atoms with Crippen LogP contribution in [0.2, 0.25) is 5.02 Å². The van der Waals surface area contributed by atoms with E-state index in [1.54, 1.807) is 18.3 Å². The third-order valence-corrected chi connectivity index (χ3v) is 7.51. The molecule has 0 bridgehead atoms. The number of hydrogen-bond donors (Lipinski definition) is 0. The van der Waals surface area contributed by atoms with E-state index in [0.717, 1.165) is 41.5 Å². The van der Waals surface area contributed by atoms with Crippen molar-refractivity contribution in [1.29, 1.82) is 0 Å². The quantitative estimate of drug-likeness (QED) is 0.196. The van der Waals surface area contributed by atoms with Gasteiger partial charge in [0.1, 0.15) is 12.4 Å². The van der Waals surface area contributed by atoms with Crippen molar-refractivity contribution in [3.8, 4) is 11.5 Å². The van der Waals surface area contributed by atoms with Gasteiger partial charge in [0.2, 0.25) is 0 Å². The summed E-state index contributed by atoms with van der Waals surface area (Å²) in [5, 5.41) is 5.59. The normalized spacial score (nSPS) is 14.3. The molecule has 196 valence electrons. The predicted octanol–water partition coefficient (Wildman–Crippen LogP) is 7.72. The summed E-state index contributed by atoms with van der Waals surface area (Å²) >= 11 is 10.1. The van der Waals surface area contributed by atoms with E-state index < -0.39 is 0 Å². The van der Waals surface area contributed by atoms with Gasteiger partial charge in [-0.1, -0.05) is 71.1 Å². The fourth-order valence-electron chi connectivity index (χ4n) is 4.80. The first-order valence-corrected chi connectivity index (χ1v) is 14.1. The molecule has 38 heavy (non-hydrogen) atoms. The lowest BCUT2D eigenvalue weighted by Gasteiger charge is -2.22. The highest BCUT2D eigenvalue weighted by molar-refractivity contribution is 9.10. The molecule has 0 spiro atoms. The van der Waals surface area contributed by atoms with E-state index in [4.69, 9.17) is 26.1 Å². The predicted molar refractivity (Wildman–Crippen MR) is 156 cm³/mol. The number of halogens is 2. The zero-order chi connectivity index (χ0) is 26.5. The molecule has 1 aromatic heterocycles. The van der Waals surface area contributed by atoms with Gasteiger partial charge in [-0.3, -0.25) is 4.79 Å². The maximum Gasteiger partial charge on any atom is 0.282 e. The second-order valence-corrected chi connectivity index (χ2v) is 10.7. The molecule has 0 aliphatic heterocycles. The van der Waals surface area contributed by atoms with Crippen molar-refractivity contribution in [2.75, 3.05) is 6.61 Å². The Morgan fingerprint density at radius 3 is 2.61 bits per heavy atom. The first kappa shape index (κ1) is 26.4. The number of aromatic nitrogens is 2. The number of rotatable bonds is 8. The SMILES string of the molecule is CCOc1cc(C=Nn2c(C3CCCCC3)nc3ccccc3c2=O)cc(Cl)c1OCc1ccc(Br)cc1. The molecule has 8 heteroatoms. The third-order valence-electron chi connectivity index (χ3n) is 6.70. The summed E-state index contributed by atoms with van der Waals surface area (Å²) in [7, 11) is 0. The minimum atomic E-state index is -0.169. The van der Waals surface area contributed by atoms with Gasteiger partial charge in [-0.2, -0.15) is 9.78 Å². The van der Waals surface area contributed by atoms with Crippen LogP contribution in [-0.4, -0.2) is 22.5 Å². The van der Waals surface area contributed by atoms with Gasteiger partial charge >= 0.3 is 0 Å². The fourth-order valence-corrected chi connectivity index (χ4v) is 5.34. The molecule has 1 aliphatic carbocycles. The Balaban J connectivity index is 1.48. The Hall–Kier alpha value is -3.16. The van der Waals surface area contributed by atoms with Crippen LogP contribution in [0.1, 0.15) is 61.9 Å². The minimum absolute atomic E-state index is 0.169. The molecule has 1 aliphatic rings. The number of benzene rings is 3. The van der Waals surface area contributed by atoms with Crippen LogP contribution in [0.25, 0.3) is 10.9 Å². The number of hydrogen-bond acceptors (Lipinski definition) is 5. The van der Waals surface area contributed by atoms with Gasteiger partial charge in [-0.05, 0) is 67.3 Å². The highest BCUT2D eigenvalue weighted by Crippen LogP contribution is 2.37. The highest BCUT2D eigenvalue weighted by atomic mass is 79.9. The Morgan fingerprint density at radius 1 is 1.08 bits per heavy atom. The van der Waals surface area contributed by atoms with Crippen molar-refractivity contribution in [3.05, 3.63) is 97.5 Å². The third kappa shape index (κ3) is 5.94. The summed E-state index contributed by atoms with van der Waals surface area (Å²) < 4.78 is 14.4. The number of ether oxygens (including phenoxy) is 2. The molecule has 0 N–H and O–H groups in total. The maximum atomic E-state index is 13.5. The number of para-hydroxylation sites is 1. The van der Waals surface area contributed by atoms with Crippen LogP contribution >= 0.6 is 27.5 Å². The maximum absolute atomic E-state index is 13.5. The zero-order valence-corrected chi connectivity index (χ0v) is 23.5. The smallest absolute Gasteiger partial charge is 0.282 e. The van der Waals surface area contributed by atoms with Crippen LogP contribution in [0.5, 0.6) is 11.5 Å². The van der Waals surface area contributed by atoms with Crippen LogP contribution in [0.3, 0.4) is 0 Å². The van der Waals surface area contributed by atoms with Crippen molar-refractivity contribution >= 4 is 44.6 Å². The summed E-state index contributed by atoms with van der Waals surface area (Å²) in [4.78, 5) is 18.4. The molecule has 5 rings (SSSR count). The largest absolute Gasteiger partial charge is 0.490 e. The summed E-state index contributed by atoms with van der Waals surface area (Å²) in [6.45, 7) is 2.71. The van der Waals surface area contributed by atoms with Gasteiger partial charge in [0.25, 0.3) is 5.56 Å². The van der Waals surface area contributed by atoms with Crippen molar-refractivity contribution in [2.45, 2.75) is 51.6 Å². The number of nitrogens with zero attached hydrogens (tertiary/aromatic N) is 3. The van der Waals surface area contributed by atoms with E-state index in [-0.39, 0.29) is 11.5 Å². The summed E-state index contributed by atoms with van der Waals surface area (Å²) in [6.07, 6.45) is 7.12. The molecule has 1 fully saturated rings. The van der Waals surface area contributed by atoms with E-state index in [1.807, 2.05) is 55.5 Å². The molecule has 0 saturated heterocycles. The Kier molecular flexibility index (Phi) is 8.45. The van der Waals surface area contributed by atoms with Crippen LogP contribution in [0, 0.1) is 0 Å². The lowest BCUT2D eigenvalue weighted by Crippen LogP contribution is -2.25. The van der Waals surface area contributed by atoms with Crippen molar-refractivity contribution in [2.24, 2.45) is 5.10 Å². The summed E-state index contributed by atoms with van der Waals surface area (Å²) in [5.74, 6) is 1.92. The van der Waals surface area contributed by atoms with E-state index in [0.29, 0.717) is 46.2 Å². The van der Waals surface area contributed by atoms with Gasteiger partial charge in [0.05, 0.1) is 28.7 Å². The average Bonchev–Trinajstić information content (AvgIpc) is 2.93. The summed E-state index contributed by atoms with van der Waals surface area (Å²) in [5.41, 5.74) is 2.25. The first-order valence-electron chi connectivity index (χ1n) is 12.9. The standard InChI is InChI=1S/C30H29BrClN3O3/c1-2-37-27-17-21(16-25(32)28(27)38-19-20-12-14-23(31)15-13-20)18-33-35-29(22-8-4-3-5-9-22)34-26-11-7-6-10-24(26)30(35)36/h6-7,10-18,22H,2-5,8-9,19H2,1H3.